The second-order valence-corrected chi connectivity index (χ2v) is 8.97. The number of benzene rings is 1. The summed E-state index contributed by atoms with van der Waals surface area (Å²) in [5.74, 6) is 0.140. The van der Waals surface area contributed by atoms with Crippen LogP contribution >= 0.6 is 11.3 Å². The highest BCUT2D eigenvalue weighted by Crippen LogP contribution is 2.28. The first-order chi connectivity index (χ1) is 14.5. The summed E-state index contributed by atoms with van der Waals surface area (Å²) in [6.07, 6.45) is 1.67. The van der Waals surface area contributed by atoms with Crippen LogP contribution in [0.4, 0.5) is 0 Å². The van der Waals surface area contributed by atoms with Gasteiger partial charge in [-0.25, -0.2) is 4.98 Å². The number of hydrogen-bond acceptors (Lipinski definition) is 5. The number of thiazole rings is 1. The summed E-state index contributed by atoms with van der Waals surface area (Å²) in [4.78, 5) is 36.0. The van der Waals surface area contributed by atoms with Gasteiger partial charge in [-0.3, -0.25) is 14.5 Å². The normalized spacial score (nSPS) is 18.1. The van der Waals surface area contributed by atoms with Gasteiger partial charge in [0.15, 0.2) is 5.01 Å². The van der Waals surface area contributed by atoms with E-state index in [4.69, 9.17) is 0 Å². The molecule has 7 nitrogen and oxygen atoms in total. The fourth-order valence-electron chi connectivity index (χ4n) is 4.64. The fraction of sp³-hybridized carbons (Fsp3) is 0.409. The highest BCUT2D eigenvalue weighted by molar-refractivity contribution is 7.11. The summed E-state index contributed by atoms with van der Waals surface area (Å²) in [7, 11) is 1.97. The third kappa shape index (κ3) is 3.11. The number of piperazine rings is 1. The molecule has 2 amide bonds. The van der Waals surface area contributed by atoms with Gasteiger partial charge < -0.3 is 14.4 Å². The number of carbonyl (C=O) groups is 2. The molecule has 0 N–H and O–H groups in total. The van der Waals surface area contributed by atoms with Gasteiger partial charge in [0.05, 0.1) is 0 Å². The average molecular weight is 424 g/mol. The Morgan fingerprint density at radius 3 is 2.43 bits per heavy atom. The van der Waals surface area contributed by atoms with Crippen LogP contribution in [0.1, 0.15) is 25.9 Å². The summed E-state index contributed by atoms with van der Waals surface area (Å²) in [6, 6.07) is 8.54. The molecule has 0 aliphatic carbocycles. The van der Waals surface area contributed by atoms with Crippen molar-refractivity contribution in [2.75, 3.05) is 39.3 Å². The molecule has 1 aromatic carbocycles. The number of carbonyl (C=O) groups excluding carboxylic acids is 2. The maximum atomic E-state index is 13.2. The van der Waals surface area contributed by atoms with Crippen molar-refractivity contribution in [3.05, 3.63) is 52.1 Å². The van der Waals surface area contributed by atoms with Crippen molar-refractivity contribution in [3.63, 3.8) is 0 Å². The van der Waals surface area contributed by atoms with Crippen LogP contribution in [0.15, 0.2) is 35.8 Å². The second-order valence-electron chi connectivity index (χ2n) is 8.08. The zero-order chi connectivity index (χ0) is 20.8. The van der Waals surface area contributed by atoms with E-state index < -0.39 is 0 Å². The Hall–Kier alpha value is -2.71. The average Bonchev–Trinajstić information content (AvgIpc) is 3.35. The Morgan fingerprint density at radius 2 is 1.77 bits per heavy atom. The van der Waals surface area contributed by atoms with Crippen LogP contribution < -0.4 is 0 Å². The number of nitrogens with zero attached hydrogens (tertiary/aromatic N) is 5. The van der Waals surface area contributed by atoms with Gasteiger partial charge in [-0.05, 0) is 18.6 Å². The molecule has 0 atom stereocenters. The van der Waals surface area contributed by atoms with Crippen LogP contribution in [0.5, 0.6) is 0 Å². The van der Waals surface area contributed by atoms with E-state index in [9.17, 15) is 9.59 Å². The van der Waals surface area contributed by atoms with Crippen LogP contribution in [0.3, 0.4) is 0 Å². The second kappa shape index (κ2) is 7.52. The van der Waals surface area contributed by atoms with E-state index in [0.717, 1.165) is 48.3 Å². The van der Waals surface area contributed by atoms with Gasteiger partial charge in [0, 0.05) is 74.8 Å². The van der Waals surface area contributed by atoms with Gasteiger partial charge >= 0.3 is 0 Å². The molecule has 0 radical (unpaired) electrons. The Morgan fingerprint density at radius 1 is 1.03 bits per heavy atom. The van der Waals surface area contributed by atoms with Crippen molar-refractivity contribution >= 4 is 34.1 Å². The smallest absolute Gasteiger partial charge is 0.282 e. The SMILES string of the molecule is Cc1c(C(=O)N2CC(N3CCN(C(=O)c4nccs4)CC3)C2)n(C)c2ccccc12. The highest BCUT2D eigenvalue weighted by atomic mass is 32.1. The molecule has 2 saturated heterocycles. The van der Waals surface area contributed by atoms with Crippen LogP contribution in [-0.2, 0) is 7.05 Å². The molecule has 2 aliphatic rings. The molecule has 3 aromatic rings. The predicted octanol–water partition coefficient (Wildman–Crippen LogP) is 2.23. The first-order valence-electron chi connectivity index (χ1n) is 10.3. The minimum absolute atomic E-state index is 0.0290. The third-order valence-electron chi connectivity index (χ3n) is 6.45. The van der Waals surface area contributed by atoms with E-state index >= 15 is 0 Å². The van der Waals surface area contributed by atoms with E-state index in [1.165, 1.54) is 11.3 Å². The molecule has 0 bridgehead atoms. The van der Waals surface area contributed by atoms with Crippen molar-refractivity contribution in [3.8, 4) is 0 Å². The Bertz CT molecular complexity index is 1050. The Labute approximate surface area is 179 Å². The molecule has 4 heterocycles. The van der Waals surface area contributed by atoms with Gasteiger partial charge in [0.2, 0.25) is 0 Å². The number of para-hydroxylation sites is 1. The summed E-state index contributed by atoms with van der Waals surface area (Å²) >= 11 is 1.39. The molecule has 2 aromatic heterocycles. The molecule has 30 heavy (non-hydrogen) atoms. The summed E-state index contributed by atoms with van der Waals surface area (Å²) in [5, 5.41) is 3.54. The molecule has 2 fully saturated rings. The van der Waals surface area contributed by atoms with E-state index in [1.807, 2.05) is 45.9 Å². The number of fused-ring (bicyclic) bond motifs is 1. The maximum absolute atomic E-state index is 13.2. The van der Waals surface area contributed by atoms with Crippen LogP contribution in [0.2, 0.25) is 0 Å². The zero-order valence-corrected chi connectivity index (χ0v) is 18.1. The van der Waals surface area contributed by atoms with Gasteiger partial charge in [0.25, 0.3) is 11.8 Å². The van der Waals surface area contributed by atoms with Crippen molar-refractivity contribution in [2.24, 2.45) is 7.05 Å². The molecular weight excluding hydrogens is 398 g/mol. The monoisotopic (exact) mass is 423 g/mol. The van der Waals surface area contributed by atoms with E-state index in [1.54, 1.807) is 6.20 Å². The summed E-state index contributed by atoms with van der Waals surface area (Å²) < 4.78 is 2.02. The van der Waals surface area contributed by atoms with Crippen molar-refractivity contribution in [2.45, 2.75) is 13.0 Å². The predicted molar refractivity (Wildman–Crippen MR) is 117 cm³/mol. The van der Waals surface area contributed by atoms with Gasteiger partial charge in [-0.2, -0.15) is 0 Å². The van der Waals surface area contributed by atoms with Gasteiger partial charge in [-0.1, -0.05) is 18.2 Å². The standard InChI is InChI=1S/C22H25N5O2S/c1-15-17-5-3-4-6-18(17)24(2)19(15)21(28)27-13-16(14-27)25-8-10-26(11-9-25)22(29)20-23-7-12-30-20/h3-7,12,16H,8-11,13-14H2,1-2H3. The number of amides is 2. The van der Waals surface area contributed by atoms with E-state index in [0.29, 0.717) is 24.1 Å². The molecule has 0 spiro atoms. The minimum atomic E-state index is 0.0290. The first kappa shape index (κ1) is 19.3. The molecule has 8 heteroatoms. The lowest BCUT2D eigenvalue weighted by atomic mass is 10.0. The van der Waals surface area contributed by atoms with E-state index in [2.05, 4.69) is 22.0 Å². The molecule has 156 valence electrons. The van der Waals surface area contributed by atoms with Crippen LogP contribution in [0, 0.1) is 6.92 Å². The largest absolute Gasteiger partial charge is 0.339 e. The number of likely N-dealkylation sites (tertiary alicyclic amines) is 1. The quantitative estimate of drug-likeness (QED) is 0.648. The summed E-state index contributed by atoms with van der Waals surface area (Å²) in [5.41, 5.74) is 2.93. The zero-order valence-electron chi connectivity index (χ0n) is 17.2. The van der Waals surface area contributed by atoms with Gasteiger partial charge in [-0.15, -0.1) is 11.3 Å². The maximum Gasteiger partial charge on any atom is 0.282 e. The molecule has 0 unspecified atom stereocenters. The topological polar surface area (TPSA) is 61.7 Å². The lowest BCUT2D eigenvalue weighted by molar-refractivity contribution is 0.00803. The molecule has 2 aliphatic heterocycles. The highest BCUT2D eigenvalue weighted by Gasteiger charge is 2.38. The minimum Gasteiger partial charge on any atom is -0.339 e. The third-order valence-corrected chi connectivity index (χ3v) is 7.21. The number of aryl methyl sites for hydroxylation is 2. The van der Waals surface area contributed by atoms with Crippen molar-refractivity contribution in [1.29, 1.82) is 0 Å². The Balaban J connectivity index is 1.19. The fourth-order valence-corrected chi connectivity index (χ4v) is 5.25. The lowest BCUT2D eigenvalue weighted by Crippen LogP contribution is -2.64. The number of aromatic nitrogens is 2. The summed E-state index contributed by atoms with van der Waals surface area (Å²) in [6.45, 7) is 6.65. The Kier molecular flexibility index (Phi) is 4.83. The first-order valence-corrected chi connectivity index (χ1v) is 11.2. The number of hydrogen-bond donors (Lipinski definition) is 0. The van der Waals surface area contributed by atoms with Crippen molar-refractivity contribution in [1.82, 2.24) is 24.3 Å². The van der Waals surface area contributed by atoms with E-state index in [-0.39, 0.29) is 11.8 Å². The van der Waals surface area contributed by atoms with Gasteiger partial charge in [0.1, 0.15) is 5.69 Å². The van der Waals surface area contributed by atoms with Crippen LogP contribution in [0.25, 0.3) is 10.9 Å². The molecular formula is C22H25N5O2S. The lowest BCUT2D eigenvalue weighted by Gasteiger charge is -2.48. The molecule has 0 saturated carbocycles. The van der Waals surface area contributed by atoms with Crippen LogP contribution in [-0.4, -0.2) is 81.4 Å². The molecule has 5 rings (SSSR count). The van der Waals surface area contributed by atoms with Crippen molar-refractivity contribution < 1.29 is 9.59 Å². The number of rotatable bonds is 3.